The molecule has 6 nitrogen and oxygen atoms in total. The summed E-state index contributed by atoms with van der Waals surface area (Å²) in [5, 5.41) is 23.8. The second-order valence-corrected chi connectivity index (χ2v) is 0.602. The van der Waals surface area contributed by atoms with Crippen LogP contribution in [-0.2, 0) is 0 Å². The van der Waals surface area contributed by atoms with Crippen molar-refractivity contribution in [3.63, 3.8) is 0 Å². The summed E-state index contributed by atoms with van der Waals surface area (Å²) in [6.45, 7) is 0. The second-order valence-electron chi connectivity index (χ2n) is 0.602. The summed E-state index contributed by atoms with van der Waals surface area (Å²) in [5.41, 5.74) is 0. The van der Waals surface area contributed by atoms with Crippen LogP contribution >= 0.6 is 0 Å². The third kappa shape index (κ3) is 4.36. The first-order valence-corrected chi connectivity index (χ1v) is 1.55. The van der Waals surface area contributed by atoms with E-state index in [-0.39, 0.29) is 0 Å². The van der Waals surface area contributed by atoms with Crippen molar-refractivity contribution in [2.45, 2.75) is 0 Å². The molecule has 0 atom stereocenters. The Bertz CT molecular complexity index is 147. The molecule has 0 amide bonds. The van der Waals surface area contributed by atoms with Crippen molar-refractivity contribution in [1.29, 1.82) is 10.8 Å². The number of hydrogen-bond acceptors (Lipinski definition) is 4. The van der Waals surface area contributed by atoms with Crippen LogP contribution in [0.1, 0.15) is 0 Å². The lowest BCUT2D eigenvalue weighted by atomic mass is 11.5. The third-order valence-corrected chi connectivity index (χ3v) is 0.229. The summed E-state index contributed by atoms with van der Waals surface area (Å²) in [4.78, 5) is 0. The number of rotatable bonds is 2. The predicted octanol–water partition coefficient (Wildman–Crippen LogP) is 0.774. The molecule has 0 unspecified atom stereocenters. The van der Waals surface area contributed by atoms with Gasteiger partial charge in [-0.15, -0.1) is 0 Å². The molecule has 0 saturated carbocycles. The maximum Gasteiger partial charge on any atom is 0.116 e. The molecule has 0 aliphatic heterocycles. The SMILES string of the molecule is N=C=N/N=N/N=C=N. The van der Waals surface area contributed by atoms with E-state index < -0.39 is 0 Å². The van der Waals surface area contributed by atoms with Gasteiger partial charge in [0.2, 0.25) is 0 Å². The summed E-state index contributed by atoms with van der Waals surface area (Å²) in [7, 11) is 0. The van der Waals surface area contributed by atoms with Crippen molar-refractivity contribution in [3.05, 3.63) is 0 Å². The van der Waals surface area contributed by atoms with E-state index in [0.717, 1.165) is 0 Å². The second kappa shape index (κ2) is 5.36. The molecule has 0 aromatic rings. The van der Waals surface area contributed by atoms with Crippen LogP contribution in [0.3, 0.4) is 0 Å². The zero-order valence-corrected chi connectivity index (χ0v) is 3.79. The summed E-state index contributed by atoms with van der Waals surface area (Å²) >= 11 is 0. The Balaban J connectivity index is 3.66. The number of hydrogen-bond donors (Lipinski definition) is 2. The molecule has 6 heteroatoms. The van der Waals surface area contributed by atoms with Gasteiger partial charge in [0.1, 0.15) is 12.0 Å². The average Bonchev–Trinajstić information content (AvgIpc) is 1.81. The van der Waals surface area contributed by atoms with Gasteiger partial charge in [0, 0.05) is 0 Å². The topological polar surface area (TPSA) is 97.1 Å². The van der Waals surface area contributed by atoms with Gasteiger partial charge >= 0.3 is 0 Å². The molecule has 0 spiro atoms. The smallest absolute Gasteiger partial charge is 0.116 e. The molecular weight excluding hydrogens is 108 g/mol. The lowest BCUT2D eigenvalue weighted by Gasteiger charge is -1.59. The van der Waals surface area contributed by atoms with Crippen molar-refractivity contribution in [3.8, 4) is 0 Å². The van der Waals surface area contributed by atoms with Gasteiger partial charge in [-0.3, -0.25) is 0 Å². The molecule has 2 N–H and O–H groups in total. The van der Waals surface area contributed by atoms with E-state index in [9.17, 15) is 0 Å². The summed E-state index contributed by atoms with van der Waals surface area (Å²) in [5.74, 6) is 0. The first-order chi connectivity index (χ1) is 3.91. The monoisotopic (exact) mass is 110 g/mol. The van der Waals surface area contributed by atoms with Gasteiger partial charge in [0.25, 0.3) is 0 Å². The standard InChI is InChI=1S/C2H2N6/c3-1-5-7-8-6-2-4/h3-4H/b8-7+. The molecule has 0 rings (SSSR count). The Morgan fingerprint density at radius 2 is 1.25 bits per heavy atom. The van der Waals surface area contributed by atoms with Crippen LogP contribution in [0.4, 0.5) is 0 Å². The Morgan fingerprint density at radius 3 is 1.50 bits per heavy atom. The molecule has 0 saturated heterocycles. The minimum Gasteiger partial charge on any atom is -0.240 e. The molecule has 0 heterocycles. The summed E-state index contributed by atoms with van der Waals surface area (Å²) in [6.07, 6.45) is 0. The average molecular weight is 110 g/mol. The van der Waals surface area contributed by atoms with Crippen molar-refractivity contribution < 1.29 is 0 Å². The highest BCUT2D eigenvalue weighted by Crippen LogP contribution is 1.71. The van der Waals surface area contributed by atoms with Crippen LogP contribution in [0.2, 0.25) is 0 Å². The first-order valence-electron chi connectivity index (χ1n) is 1.55. The van der Waals surface area contributed by atoms with Crippen molar-refractivity contribution in [2.75, 3.05) is 0 Å². The lowest BCUT2D eigenvalue weighted by Crippen LogP contribution is -1.46. The highest BCUT2D eigenvalue weighted by molar-refractivity contribution is 5.35. The summed E-state index contributed by atoms with van der Waals surface area (Å²) < 4.78 is 0. The number of nitrogens with one attached hydrogen (secondary N) is 2. The minimum absolute atomic E-state index is 1.59. The van der Waals surface area contributed by atoms with Crippen LogP contribution in [0.5, 0.6) is 0 Å². The Morgan fingerprint density at radius 1 is 0.875 bits per heavy atom. The zero-order chi connectivity index (χ0) is 6.24. The lowest BCUT2D eigenvalue weighted by molar-refractivity contribution is 0.963. The molecule has 0 aliphatic carbocycles. The van der Waals surface area contributed by atoms with E-state index >= 15 is 0 Å². The third-order valence-electron chi connectivity index (χ3n) is 0.229. The van der Waals surface area contributed by atoms with E-state index in [1.165, 1.54) is 0 Å². The van der Waals surface area contributed by atoms with Gasteiger partial charge in [0.05, 0.1) is 0 Å². The largest absolute Gasteiger partial charge is 0.240 e. The van der Waals surface area contributed by atoms with E-state index in [1.54, 1.807) is 12.0 Å². The Hall–Kier alpha value is -1.64. The Kier molecular flexibility index (Phi) is 4.26. The van der Waals surface area contributed by atoms with Crippen LogP contribution < -0.4 is 0 Å². The van der Waals surface area contributed by atoms with Crippen LogP contribution in [0.25, 0.3) is 0 Å². The zero-order valence-electron chi connectivity index (χ0n) is 3.79. The fourth-order valence-corrected chi connectivity index (χ4v) is 0.0847. The maximum atomic E-state index is 6.16. The predicted molar refractivity (Wildman–Crippen MR) is 25.2 cm³/mol. The Labute approximate surface area is 44.7 Å². The molecular formula is C2H2N6. The van der Waals surface area contributed by atoms with Gasteiger partial charge in [-0.1, -0.05) is 10.2 Å². The summed E-state index contributed by atoms with van der Waals surface area (Å²) in [6, 6.07) is 3.18. The molecule has 0 bridgehead atoms. The molecule has 0 fully saturated rings. The van der Waals surface area contributed by atoms with E-state index in [1.807, 2.05) is 0 Å². The van der Waals surface area contributed by atoms with Crippen LogP contribution in [0.15, 0.2) is 20.6 Å². The van der Waals surface area contributed by atoms with Gasteiger partial charge in [0.15, 0.2) is 0 Å². The normalized spacial score (nSPS) is 7.50. The number of nitrogens with zero attached hydrogens (tertiary/aromatic N) is 4. The highest BCUT2D eigenvalue weighted by Gasteiger charge is 1.55. The first kappa shape index (κ1) is 6.36. The van der Waals surface area contributed by atoms with Gasteiger partial charge in [-0.25, -0.2) is 10.8 Å². The molecule has 0 radical (unpaired) electrons. The minimum atomic E-state index is 1.59. The quantitative estimate of drug-likeness (QED) is 0.298. The van der Waals surface area contributed by atoms with Crippen molar-refractivity contribution in [1.82, 2.24) is 0 Å². The van der Waals surface area contributed by atoms with E-state index in [2.05, 4.69) is 20.6 Å². The fraction of sp³-hybridized carbons (Fsp3) is 0. The molecule has 0 aromatic carbocycles. The van der Waals surface area contributed by atoms with Gasteiger partial charge in [-0.05, 0) is 10.4 Å². The molecule has 8 heavy (non-hydrogen) atoms. The molecule has 0 aliphatic rings. The van der Waals surface area contributed by atoms with Crippen LogP contribution in [-0.4, -0.2) is 12.0 Å². The van der Waals surface area contributed by atoms with E-state index in [0.29, 0.717) is 0 Å². The van der Waals surface area contributed by atoms with Crippen molar-refractivity contribution >= 4 is 12.0 Å². The highest BCUT2D eigenvalue weighted by atomic mass is 15.5. The molecule has 40 valence electrons. The van der Waals surface area contributed by atoms with Gasteiger partial charge < -0.3 is 0 Å². The fourth-order valence-electron chi connectivity index (χ4n) is 0.0847. The van der Waals surface area contributed by atoms with Crippen molar-refractivity contribution in [2.24, 2.45) is 20.6 Å². The molecule has 0 aromatic heterocycles. The maximum absolute atomic E-state index is 6.16. The van der Waals surface area contributed by atoms with Crippen LogP contribution in [0, 0.1) is 10.8 Å². The van der Waals surface area contributed by atoms with E-state index in [4.69, 9.17) is 10.8 Å². The van der Waals surface area contributed by atoms with Gasteiger partial charge in [-0.2, -0.15) is 0 Å².